The van der Waals surface area contributed by atoms with Gasteiger partial charge in [-0.05, 0) is 29.8 Å². The Kier molecular flexibility index (Phi) is 3.95. The molecule has 1 heterocycles. The van der Waals surface area contributed by atoms with E-state index >= 15 is 0 Å². The van der Waals surface area contributed by atoms with E-state index in [1.54, 1.807) is 0 Å². The summed E-state index contributed by atoms with van der Waals surface area (Å²) in [6, 6.07) is 5.43. The van der Waals surface area contributed by atoms with Gasteiger partial charge >= 0.3 is 5.97 Å². The van der Waals surface area contributed by atoms with Crippen LogP contribution in [0.4, 0.5) is 10.1 Å². The predicted molar refractivity (Wildman–Crippen MR) is 69.7 cm³/mol. The number of carboxylic acid groups (broad SMARTS) is 1. The number of carbonyl (C=O) groups excluding carboxylic acids is 1. The van der Waals surface area contributed by atoms with Gasteiger partial charge in [-0.2, -0.15) is 0 Å². The van der Waals surface area contributed by atoms with Crippen LogP contribution in [0.25, 0.3) is 6.08 Å². The molecule has 6 heteroatoms. The smallest absolute Gasteiger partial charge is 0.328 e. The monoisotopic (exact) mass is 275 g/mol. The van der Waals surface area contributed by atoms with Crippen LogP contribution in [0.2, 0.25) is 0 Å². The van der Waals surface area contributed by atoms with Crippen molar-refractivity contribution in [3.8, 4) is 0 Å². The first-order valence-electron chi connectivity index (χ1n) is 5.60. The largest absolute Gasteiger partial charge is 0.478 e. The average Bonchev–Trinajstić information content (AvgIpc) is 2.93. The molecule has 2 rings (SSSR count). The van der Waals surface area contributed by atoms with Crippen molar-refractivity contribution in [1.29, 1.82) is 0 Å². The fourth-order valence-electron chi connectivity index (χ4n) is 1.49. The van der Waals surface area contributed by atoms with E-state index in [-0.39, 0.29) is 11.3 Å². The Bertz CT molecular complexity index is 662. The molecule has 0 aliphatic carbocycles. The zero-order valence-electron chi connectivity index (χ0n) is 10.2. The summed E-state index contributed by atoms with van der Waals surface area (Å²) in [5, 5.41) is 10.9. The van der Waals surface area contributed by atoms with Gasteiger partial charge in [-0.25, -0.2) is 9.18 Å². The number of hydrogen-bond acceptors (Lipinski definition) is 3. The molecule has 0 unspecified atom stereocenters. The van der Waals surface area contributed by atoms with Crippen molar-refractivity contribution in [1.82, 2.24) is 0 Å². The molecule has 2 aromatic rings. The van der Waals surface area contributed by atoms with Gasteiger partial charge in [0.15, 0.2) is 0 Å². The van der Waals surface area contributed by atoms with Crippen LogP contribution in [0.1, 0.15) is 15.9 Å². The van der Waals surface area contributed by atoms with E-state index in [0.29, 0.717) is 5.56 Å². The van der Waals surface area contributed by atoms with Gasteiger partial charge < -0.3 is 14.8 Å². The molecule has 1 aromatic carbocycles. The molecular weight excluding hydrogens is 265 g/mol. The van der Waals surface area contributed by atoms with Gasteiger partial charge in [0.1, 0.15) is 12.1 Å². The second-order valence-electron chi connectivity index (χ2n) is 3.88. The maximum atomic E-state index is 13.8. The predicted octanol–water partition coefficient (Wildman–Crippen LogP) is 2.77. The lowest BCUT2D eigenvalue weighted by atomic mass is 10.1. The Morgan fingerprint density at radius 3 is 2.70 bits per heavy atom. The van der Waals surface area contributed by atoms with E-state index in [9.17, 15) is 14.0 Å². The number of carbonyl (C=O) groups is 2. The number of amides is 1. The minimum atomic E-state index is -1.12. The SMILES string of the molecule is O=C(O)C=Cc1ccc(NC(=O)c2ccoc2)c(F)c1. The summed E-state index contributed by atoms with van der Waals surface area (Å²) in [6.07, 6.45) is 4.74. The van der Waals surface area contributed by atoms with Gasteiger partial charge in [-0.15, -0.1) is 0 Å². The van der Waals surface area contributed by atoms with Crippen LogP contribution in [-0.4, -0.2) is 17.0 Å². The first kappa shape index (κ1) is 13.5. The first-order chi connectivity index (χ1) is 9.56. The van der Waals surface area contributed by atoms with E-state index in [4.69, 9.17) is 9.52 Å². The Labute approximate surface area is 113 Å². The molecule has 0 bridgehead atoms. The van der Waals surface area contributed by atoms with Crippen molar-refractivity contribution in [2.75, 3.05) is 5.32 Å². The molecule has 0 saturated carbocycles. The maximum absolute atomic E-state index is 13.8. The van der Waals surface area contributed by atoms with Gasteiger partial charge in [0.25, 0.3) is 5.91 Å². The van der Waals surface area contributed by atoms with Crippen LogP contribution in [-0.2, 0) is 4.79 Å². The Morgan fingerprint density at radius 1 is 1.30 bits per heavy atom. The van der Waals surface area contributed by atoms with Crippen LogP contribution in [0.15, 0.2) is 47.3 Å². The molecule has 5 nitrogen and oxygen atoms in total. The summed E-state index contributed by atoms with van der Waals surface area (Å²) in [6.45, 7) is 0. The summed E-state index contributed by atoms with van der Waals surface area (Å²) in [5.41, 5.74) is 0.661. The molecule has 0 aliphatic heterocycles. The van der Waals surface area contributed by atoms with E-state index in [1.165, 1.54) is 36.8 Å². The minimum absolute atomic E-state index is 0.00340. The number of hydrogen-bond donors (Lipinski definition) is 2. The standard InChI is InChI=1S/C14H10FNO4/c15-11-7-9(2-4-13(17)18)1-3-12(11)16-14(19)10-5-6-20-8-10/h1-8H,(H,16,19)(H,17,18). The Morgan fingerprint density at radius 2 is 2.10 bits per heavy atom. The summed E-state index contributed by atoms with van der Waals surface area (Å²) < 4.78 is 18.5. The quantitative estimate of drug-likeness (QED) is 0.841. The maximum Gasteiger partial charge on any atom is 0.328 e. The van der Waals surface area contributed by atoms with Gasteiger partial charge in [-0.1, -0.05) is 6.07 Å². The highest BCUT2D eigenvalue weighted by atomic mass is 19.1. The number of furan rings is 1. The lowest BCUT2D eigenvalue weighted by Crippen LogP contribution is -2.12. The molecule has 102 valence electrons. The highest BCUT2D eigenvalue weighted by Gasteiger charge is 2.10. The molecule has 0 atom stereocenters. The van der Waals surface area contributed by atoms with Crippen LogP contribution in [0.3, 0.4) is 0 Å². The summed E-state index contributed by atoms with van der Waals surface area (Å²) in [4.78, 5) is 22.1. The van der Waals surface area contributed by atoms with Crippen molar-refractivity contribution in [3.63, 3.8) is 0 Å². The topological polar surface area (TPSA) is 79.5 Å². The van der Waals surface area contributed by atoms with Gasteiger partial charge in [0, 0.05) is 6.08 Å². The fraction of sp³-hybridized carbons (Fsp3) is 0. The number of nitrogens with one attached hydrogen (secondary N) is 1. The van der Waals surface area contributed by atoms with Crippen molar-refractivity contribution >= 4 is 23.6 Å². The van der Waals surface area contributed by atoms with E-state index in [1.807, 2.05) is 0 Å². The van der Waals surface area contributed by atoms with Crippen LogP contribution in [0.5, 0.6) is 0 Å². The normalized spacial score (nSPS) is 10.7. The lowest BCUT2D eigenvalue weighted by Gasteiger charge is -2.05. The zero-order chi connectivity index (χ0) is 14.5. The zero-order valence-corrected chi connectivity index (χ0v) is 10.2. The Balaban J connectivity index is 2.14. The molecule has 2 N–H and O–H groups in total. The van der Waals surface area contributed by atoms with Gasteiger partial charge in [0.05, 0.1) is 17.5 Å². The second kappa shape index (κ2) is 5.83. The highest BCUT2D eigenvalue weighted by Crippen LogP contribution is 2.17. The lowest BCUT2D eigenvalue weighted by molar-refractivity contribution is -0.131. The van der Waals surface area contributed by atoms with Crippen molar-refractivity contribution in [2.45, 2.75) is 0 Å². The molecule has 1 aromatic heterocycles. The number of rotatable bonds is 4. The van der Waals surface area contributed by atoms with Crippen molar-refractivity contribution in [3.05, 3.63) is 59.8 Å². The highest BCUT2D eigenvalue weighted by molar-refractivity contribution is 6.04. The molecule has 0 fully saturated rings. The number of carboxylic acids is 1. The molecule has 0 spiro atoms. The van der Waals surface area contributed by atoms with E-state index in [0.717, 1.165) is 12.1 Å². The summed E-state index contributed by atoms with van der Waals surface area (Å²) >= 11 is 0. The number of aliphatic carboxylic acids is 1. The van der Waals surface area contributed by atoms with E-state index < -0.39 is 17.7 Å². The molecule has 0 saturated heterocycles. The van der Waals surface area contributed by atoms with Crippen molar-refractivity contribution < 1.29 is 23.5 Å². The van der Waals surface area contributed by atoms with Crippen LogP contribution < -0.4 is 5.32 Å². The summed E-state index contributed by atoms with van der Waals surface area (Å²) in [7, 11) is 0. The average molecular weight is 275 g/mol. The summed E-state index contributed by atoms with van der Waals surface area (Å²) in [5.74, 6) is -2.27. The number of benzene rings is 1. The Hall–Kier alpha value is -2.89. The molecule has 1 amide bonds. The molecule has 20 heavy (non-hydrogen) atoms. The third-order valence-electron chi connectivity index (χ3n) is 2.44. The molecule has 0 radical (unpaired) electrons. The van der Waals surface area contributed by atoms with Crippen molar-refractivity contribution in [2.24, 2.45) is 0 Å². The third-order valence-corrected chi connectivity index (χ3v) is 2.44. The van der Waals surface area contributed by atoms with Crippen LogP contribution >= 0.6 is 0 Å². The first-order valence-corrected chi connectivity index (χ1v) is 5.60. The number of halogens is 1. The molecule has 0 aliphatic rings. The van der Waals surface area contributed by atoms with E-state index in [2.05, 4.69) is 5.32 Å². The second-order valence-corrected chi connectivity index (χ2v) is 3.88. The minimum Gasteiger partial charge on any atom is -0.478 e. The van der Waals surface area contributed by atoms with Gasteiger partial charge in [-0.3, -0.25) is 4.79 Å². The van der Waals surface area contributed by atoms with Crippen LogP contribution in [0, 0.1) is 5.82 Å². The third kappa shape index (κ3) is 3.32. The van der Waals surface area contributed by atoms with Gasteiger partial charge in [0.2, 0.25) is 0 Å². The fourth-order valence-corrected chi connectivity index (χ4v) is 1.49. The number of anilines is 1. The molecular formula is C14H10FNO4.